The molecule has 0 heterocycles. The highest BCUT2D eigenvalue weighted by Gasteiger charge is 2.50. The van der Waals surface area contributed by atoms with E-state index in [1.165, 1.54) is 166 Å². The summed E-state index contributed by atoms with van der Waals surface area (Å²) in [5.74, 6) is 0. The summed E-state index contributed by atoms with van der Waals surface area (Å²) in [5.41, 5.74) is 28.3. The average molecular weight is 1150 g/mol. The van der Waals surface area contributed by atoms with Crippen molar-refractivity contribution in [2.24, 2.45) is 0 Å². The first-order valence-electron chi connectivity index (χ1n) is 32.0. The summed E-state index contributed by atoms with van der Waals surface area (Å²) in [6.45, 7) is 0. The van der Waals surface area contributed by atoms with Gasteiger partial charge in [0.2, 0.25) is 0 Å². The number of rotatable bonds is 9. The van der Waals surface area contributed by atoms with Gasteiger partial charge < -0.3 is 0 Å². The van der Waals surface area contributed by atoms with Crippen LogP contribution in [-0.4, -0.2) is 0 Å². The number of hydrogen-bond acceptors (Lipinski definition) is 0. The van der Waals surface area contributed by atoms with E-state index in [1.807, 2.05) is 0 Å². The Bertz CT molecular complexity index is 5420. The molecule has 0 saturated heterocycles. The Morgan fingerprint density at radius 2 is 0.418 bits per heavy atom. The van der Waals surface area contributed by atoms with Gasteiger partial charge in [-0.25, -0.2) is 0 Å². The van der Waals surface area contributed by atoms with Gasteiger partial charge in [0.15, 0.2) is 0 Å². The second-order valence-electron chi connectivity index (χ2n) is 25.3. The first-order valence-corrected chi connectivity index (χ1v) is 32.0. The second kappa shape index (κ2) is 19.8. The van der Waals surface area contributed by atoms with Crippen LogP contribution in [0.25, 0.3) is 99.1 Å². The zero-order chi connectivity index (χ0) is 59.8. The lowest BCUT2D eigenvalue weighted by Crippen LogP contribution is -2.29. The molecule has 0 atom stereocenters. The minimum Gasteiger partial charge on any atom is -0.0622 e. The Hall–Kier alpha value is -11.4. The highest BCUT2D eigenvalue weighted by Crippen LogP contribution is 2.62. The van der Waals surface area contributed by atoms with Crippen LogP contribution in [0.4, 0.5) is 0 Å². The molecule has 0 radical (unpaired) electrons. The molecular weight excluding hydrogens is 1090 g/mol. The van der Waals surface area contributed by atoms with Gasteiger partial charge in [0.1, 0.15) is 0 Å². The Kier molecular flexibility index (Phi) is 11.2. The van der Waals surface area contributed by atoms with Gasteiger partial charge in [0.05, 0.1) is 16.2 Å². The van der Waals surface area contributed by atoms with E-state index in [0.717, 1.165) is 0 Å². The second-order valence-corrected chi connectivity index (χ2v) is 25.3. The summed E-state index contributed by atoms with van der Waals surface area (Å²) >= 11 is 0. The van der Waals surface area contributed by atoms with Gasteiger partial charge in [-0.1, -0.05) is 322 Å². The molecule has 0 aliphatic heterocycles. The van der Waals surface area contributed by atoms with Gasteiger partial charge in [-0.2, -0.15) is 0 Å². The van der Waals surface area contributed by atoms with E-state index in [9.17, 15) is 0 Å². The van der Waals surface area contributed by atoms with Crippen molar-refractivity contribution in [2.75, 3.05) is 0 Å². The molecular formula is C91H58. The fraction of sp³-hybridized carbons (Fsp3) is 0.0330. The van der Waals surface area contributed by atoms with E-state index >= 15 is 0 Å². The molecule has 0 nitrogen and oxygen atoms in total. The van der Waals surface area contributed by atoms with Crippen molar-refractivity contribution in [2.45, 2.75) is 16.2 Å². The summed E-state index contributed by atoms with van der Waals surface area (Å²) in [6.07, 6.45) is 0. The van der Waals surface area contributed by atoms with Crippen molar-refractivity contribution >= 4 is 32.3 Å². The molecule has 0 bridgehead atoms. The van der Waals surface area contributed by atoms with Crippen LogP contribution in [0.5, 0.6) is 0 Å². The summed E-state index contributed by atoms with van der Waals surface area (Å²) in [5, 5.41) is 7.78. The van der Waals surface area contributed by atoms with Gasteiger partial charge in [-0.3, -0.25) is 0 Å². The predicted molar refractivity (Wildman–Crippen MR) is 378 cm³/mol. The normalized spacial score (nSPS) is 14.2. The van der Waals surface area contributed by atoms with E-state index in [1.54, 1.807) is 0 Å². The molecule has 0 saturated carbocycles. The first-order chi connectivity index (χ1) is 45.1. The maximum atomic E-state index is 2.54. The standard InChI is InChI=1S/C91H58/c1-7-24-67(25-8-1)89(68-26-9-2-10-27-68)81-37-20-19-36-74(81)75-48-42-62(54-82(75)89)63-43-49-76-77-50-44-64(56-84(77)90(83(76)55-63,69-28-11-3-12-29-69)70-30-13-4-14-31-70)65-45-51-78-79-52-46-66(73-47-40-61-39-38-59-22-21-23-60-41-53-80(73)88(61)87(59)60)58-86(79)91(85(78)57-65,71-32-15-5-16-33-71)72-34-17-6-18-35-72/h1-58H. The van der Waals surface area contributed by atoms with E-state index < -0.39 is 16.2 Å². The van der Waals surface area contributed by atoms with E-state index in [-0.39, 0.29) is 0 Å². The molecule has 0 fully saturated rings. The topological polar surface area (TPSA) is 0 Å². The quantitative estimate of drug-likeness (QED) is 0.126. The summed E-state index contributed by atoms with van der Waals surface area (Å²) in [7, 11) is 0. The molecule has 3 aliphatic rings. The average Bonchev–Trinajstić information content (AvgIpc) is 1.57. The van der Waals surface area contributed by atoms with Crippen molar-refractivity contribution in [1.29, 1.82) is 0 Å². The van der Waals surface area contributed by atoms with Gasteiger partial charge in [-0.05, 0) is 196 Å². The Morgan fingerprint density at radius 3 is 0.791 bits per heavy atom. The highest BCUT2D eigenvalue weighted by atomic mass is 14.5. The lowest BCUT2D eigenvalue weighted by molar-refractivity contribution is 0.767. The van der Waals surface area contributed by atoms with Crippen molar-refractivity contribution < 1.29 is 0 Å². The van der Waals surface area contributed by atoms with Crippen LogP contribution in [0.1, 0.15) is 66.8 Å². The molecule has 16 aromatic rings. The molecule has 422 valence electrons. The zero-order valence-electron chi connectivity index (χ0n) is 50.0. The summed E-state index contributed by atoms with van der Waals surface area (Å²) in [6, 6.07) is 134. The molecule has 0 aromatic heterocycles. The third-order valence-electron chi connectivity index (χ3n) is 21.1. The molecule has 0 amide bonds. The number of fused-ring (bicyclic) bond motifs is 9. The maximum absolute atomic E-state index is 2.54. The van der Waals surface area contributed by atoms with Gasteiger partial charge in [0, 0.05) is 0 Å². The summed E-state index contributed by atoms with van der Waals surface area (Å²) in [4.78, 5) is 0. The highest BCUT2D eigenvalue weighted by molar-refractivity contribution is 6.25. The Balaban J connectivity index is 0.800. The van der Waals surface area contributed by atoms with Crippen LogP contribution in [0, 0.1) is 0 Å². The van der Waals surface area contributed by atoms with E-state index in [2.05, 4.69) is 352 Å². The molecule has 16 aromatic carbocycles. The molecule has 91 heavy (non-hydrogen) atoms. The summed E-state index contributed by atoms with van der Waals surface area (Å²) < 4.78 is 0. The van der Waals surface area contributed by atoms with Crippen LogP contribution in [0.15, 0.2) is 352 Å². The molecule has 19 rings (SSSR count). The monoisotopic (exact) mass is 1150 g/mol. The van der Waals surface area contributed by atoms with Crippen molar-refractivity contribution in [3.63, 3.8) is 0 Å². The minimum atomic E-state index is -0.656. The van der Waals surface area contributed by atoms with E-state index in [0.29, 0.717) is 0 Å². The Labute approximate surface area is 530 Å². The van der Waals surface area contributed by atoms with Crippen molar-refractivity contribution in [3.8, 4) is 66.8 Å². The van der Waals surface area contributed by atoms with Crippen molar-refractivity contribution in [1.82, 2.24) is 0 Å². The first kappa shape index (κ1) is 51.6. The number of hydrogen-bond donors (Lipinski definition) is 0. The fourth-order valence-electron chi connectivity index (χ4n) is 17.3. The SMILES string of the molecule is c1ccc(C2(c3ccccc3)c3ccccc3-c3ccc(-c4ccc5c(c4)C(c4ccccc4)(c4ccccc4)c4cc(-c6ccc7c(c6)C(c6ccccc6)(c6ccccc6)c6cc(-c8ccc9ccc%10cccc%11ccc8c9c%10%11)ccc6-7)ccc4-5)cc32)cc1. The van der Waals surface area contributed by atoms with Crippen LogP contribution in [0.2, 0.25) is 0 Å². The maximum Gasteiger partial charge on any atom is 0.0713 e. The largest absolute Gasteiger partial charge is 0.0713 e. The van der Waals surface area contributed by atoms with Crippen LogP contribution in [-0.2, 0) is 16.2 Å². The van der Waals surface area contributed by atoms with Gasteiger partial charge in [0.25, 0.3) is 0 Å². The Morgan fingerprint density at radius 1 is 0.154 bits per heavy atom. The van der Waals surface area contributed by atoms with E-state index in [4.69, 9.17) is 0 Å². The number of benzene rings is 16. The third-order valence-corrected chi connectivity index (χ3v) is 21.1. The third kappa shape index (κ3) is 7.16. The van der Waals surface area contributed by atoms with Crippen LogP contribution >= 0.6 is 0 Å². The molecule has 0 heteroatoms. The van der Waals surface area contributed by atoms with Crippen LogP contribution < -0.4 is 0 Å². The molecule has 0 N–H and O–H groups in total. The smallest absolute Gasteiger partial charge is 0.0622 e. The predicted octanol–water partition coefficient (Wildman–Crippen LogP) is 22.7. The van der Waals surface area contributed by atoms with Crippen molar-refractivity contribution in [3.05, 3.63) is 419 Å². The molecule has 0 unspecified atom stereocenters. The fourth-order valence-corrected chi connectivity index (χ4v) is 17.3. The molecule has 0 spiro atoms. The lowest BCUT2D eigenvalue weighted by Gasteiger charge is -2.35. The zero-order valence-corrected chi connectivity index (χ0v) is 50.0. The van der Waals surface area contributed by atoms with Gasteiger partial charge >= 0.3 is 0 Å². The lowest BCUT2D eigenvalue weighted by atomic mass is 9.66. The molecule has 3 aliphatic carbocycles. The minimum absolute atomic E-state index is 0.511. The van der Waals surface area contributed by atoms with Gasteiger partial charge in [-0.15, -0.1) is 0 Å². The van der Waals surface area contributed by atoms with Crippen LogP contribution in [0.3, 0.4) is 0 Å².